The Labute approximate surface area is 90.0 Å². The number of nitrogen functional groups attached to an aromatic ring is 1. The van der Waals surface area contributed by atoms with Crippen molar-refractivity contribution >= 4 is 15.5 Å². The third-order valence-electron chi connectivity index (χ3n) is 2.07. The first-order chi connectivity index (χ1) is 6.95. The molecule has 2 N–H and O–H groups in total. The van der Waals surface area contributed by atoms with E-state index in [0.717, 1.165) is 0 Å². The Bertz CT molecular complexity index is 428. The van der Waals surface area contributed by atoms with Crippen molar-refractivity contribution in [2.45, 2.75) is 17.9 Å². The topological polar surface area (TPSA) is 69.4 Å². The lowest BCUT2D eigenvalue weighted by molar-refractivity contribution is 0.136. The van der Waals surface area contributed by atoms with Crippen LogP contribution in [0.25, 0.3) is 0 Å². The molecule has 0 bridgehead atoms. The lowest BCUT2D eigenvalue weighted by Gasteiger charge is -2.10. The van der Waals surface area contributed by atoms with Gasteiger partial charge in [0.15, 0.2) is 9.84 Å². The number of ether oxygens (including phenoxy) is 1. The molecule has 0 saturated carbocycles. The van der Waals surface area contributed by atoms with Gasteiger partial charge in [-0.3, -0.25) is 0 Å². The molecular weight excluding hydrogens is 214 g/mol. The third-order valence-corrected chi connectivity index (χ3v) is 3.95. The van der Waals surface area contributed by atoms with E-state index in [1.165, 1.54) is 19.2 Å². The van der Waals surface area contributed by atoms with Crippen LogP contribution in [-0.4, -0.2) is 27.4 Å². The van der Waals surface area contributed by atoms with Crippen molar-refractivity contribution in [3.63, 3.8) is 0 Å². The van der Waals surface area contributed by atoms with E-state index in [2.05, 4.69) is 0 Å². The lowest BCUT2D eigenvalue weighted by atomic mass is 10.3. The smallest absolute Gasteiger partial charge is 0.180 e. The molecule has 1 atom stereocenters. The molecule has 0 fully saturated rings. The van der Waals surface area contributed by atoms with E-state index in [9.17, 15) is 8.42 Å². The monoisotopic (exact) mass is 229 g/mol. The Morgan fingerprint density at radius 2 is 2.13 bits per heavy atom. The number of nitrogens with two attached hydrogens (primary N) is 1. The highest BCUT2D eigenvalue weighted by atomic mass is 32.2. The van der Waals surface area contributed by atoms with Gasteiger partial charge in [0.05, 0.1) is 16.8 Å². The van der Waals surface area contributed by atoms with Crippen LogP contribution in [0, 0.1) is 0 Å². The van der Waals surface area contributed by atoms with Crippen molar-refractivity contribution in [1.82, 2.24) is 0 Å². The van der Waals surface area contributed by atoms with Crippen LogP contribution >= 0.6 is 0 Å². The number of benzene rings is 1. The number of hydrogen-bond acceptors (Lipinski definition) is 4. The Morgan fingerprint density at radius 3 is 2.67 bits per heavy atom. The predicted molar refractivity (Wildman–Crippen MR) is 59.4 cm³/mol. The molecule has 0 aliphatic heterocycles. The zero-order chi connectivity index (χ0) is 11.5. The van der Waals surface area contributed by atoms with E-state index >= 15 is 0 Å². The van der Waals surface area contributed by atoms with Crippen molar-refractivity contribution < 1.29 is 13.2 Å². The molecule has 15 heavy (non-hydrogen) atoms. The molecule has 4 nitrogen and oxygen atoms in total. The molecule has 84 valence electrons. The molecular formula is C10H15NO3S. The van der Waals surface area contributed by atoms with Gasteiger partial charge in [0.1, 0.15) is 0 Å². The van der Waals surface area contributed by atoms with E-state index < -0.39 is 9.84 Å². The normalized spacial score (nSPS) is 13.7. The highest BCUT2D eigenvalue weighted by Crippen LogP contribution is 2.15. The molecule has 0 aromatic heterocycles. The quantitative estimate of drug-likeness (QED) is 0.784. The molecule has 5 heteroatoms. The van der Waals surface area contributed by atoms with E-state index in [4.69, 9.17) is 10.5 Å². The maximum atomic E-state index is 11.8. The molecule has 1 rings (SSSR count). The average Bonchev–Trinajstić information content (AvgIpc) is 2.17. The molecule has 0 heterocycles. The van der Waals surface area contributed by atoms with E-state index in [1.54, 1.807) is 19.1 Å². The molecule has 0 spiro atoms. The Kier molecular flexibility index (Phi) is 3.71. The fourth-order valence-corrected chi connectivity index (χ4v) is 2.73. The summed E-state index contributed by atoms with van der Waals surface area (Å²) in [6, 6.07) is 6.27. The Balaban J connectivity index is 2.96. The van der Waals surface area contributed by atoms with Crippen molar-refractivity contribution in [3.05, 3.63) is 24.3 Å². The van der Waals surface area contributed by atoms with Gasteiger partial charge in [0, 0.05) is 12.8 Å². The van der Waals surface area contributed by atoms with Crippen LogP contribution in [0.1, 0.15) is 6.92 Å². The van der Waals surface area contributed by atoms with Crippen LogP contribution in [0.2, 0.25) is 0 Å². The summed E-state index contributed by atoms with van der Waals surface area (Å²) in [5.41, 5.74) is 5.97. The molecule has 0 aliphatic rings. The summed E-state index contributed by atoms with van der Waals surface area (Å²) in [4.78, 5) is 0.242. The fourth-order valence-electron chi connectivity index (χ4n) is 1.18. The Morgan fingerprint density at radius 1 is 1.47 bits per heavy atom. The summed E-state index contributed by atoms with van der Waals surface area (Å²) in [7, 11) is -1.81. The van der Waals surface area contributed by atoms with E-state index in [-0.39, 0.29) is 16.8 Å². The van der Waals surface area contributed by atoms with Crippen LogP contribution in [0.15, 0.2) is 29.2 Å². The number of sulfone groups is 1. The minimum atomic E-state index is -3.30. The van der Waals surface area contributed by atoms with Gasteiger partial charge < -0.3 is 10.5 Å². The minimum Gasteiger partial charge on any atom is -0.399 e. The molecule has 0 aliphatic carbocycles. The Hall–Kier alpha value is -1.07. The first kappa shape index (κ1) is 12.0. The number of rotatable bonds is 4. The molecule has 1 aromatic rings. The molecule has 0 saturated heterocycles. The highest BCUT2D eigenvalue weighted by molar-refractivity contribution is 7.91. The largest absolute Gasteiger partial charge is 0.399 e. The third kappa shape index (κ3) is 3.21. The molecule has 0 amide bonds. The van der Waals surface area contributed by atoms with Crippen LogP contribution in [-0.2, 0) is 14.6 Å². The average molecular weight is 229 g/mol. The van der Waals surface area contributed by atoms with Gasteiger partial charge in [-0.1, -0.05) is 6.07 Å². The summed E-state index contributed by atoms with van der Waals surface area (Å²) < 4.78 is 28.6. The van der Waals surface area contributed by atoms with Gasteiger partial charge in [-0.25, -0.2) is 8.42 Å². The summed E-state index contributed by atoms with van der Waals surface area (Å²) >= 11 is 0. The lowest BCUT2D eigenvalue weighted by Crippen LogP contribution is -2.20. The van der Waals surface area contributed by atoms with Gasteiger partial charge in [-0.2, -0.15) is 0 Å². The van der Waals surface area contributed by atoms with E-state index in [1.807, 2.05) is 0 Å². The first-order valence-corrected chi connectivity index (χ1v) is 6.22. The maximum Gasteiger partial charge on any atom is 0.180 e. The van der Waals surface area contributed by atoms with Crippen LogP contribution < -0.4 is 5.73 Å². The zero-order valence-corrected chi connectivity index (χ0v) is 9.62. The number of hydrogen-bond donors (Lipinski definition) is 1. The second-order valence-electron chi connectivity index (χ2n) is 3.40. The van der Waals surface area contributed by atoms with Crippen LogP contribution in [0.5, 0.6) is 0 Å². The van der Waals surface area contributed by atoms with Gasteiger partial charge in [-0.05, 0) is 25.1 Å². The van der Waals surface area contributed by atoms with Gasteiger partial charge >= 0.3 is 0 Å². The zero-order valence-electron chi connectivity index (χ0n) is 8.80. The number of methoxy groups -OCH3 is 1. The van der Waals surface area contributed by atoms with Crippen molar-refractivity contribution in [2.24, 2.45) is 0 Å². The first-order valence-electron chi connectivity index (χ1n) is 4.57. The van der Waals surface area contributed by atoms with Gasteiger partial charge in [0.25, 0.3) is 0 Å². The maximum absolute atomic E-state index is 11.8. The van der Waals surface area contributed by atoms with E-state index in [0.29, 0.717) is 5.69 Å². The predicted octanol–water partition coefficient (Wildman–Crippen LogP) is 1.08. The van der Waals surface area contributed by atoms with Crippen molar-refractivity contribution in [3.8, 4) is 0 Å². The molecule has 0 radical (unpaired) electrons. The minimum absolute atomic E-state index is 0.0348. The standard InChI is InChI=1S/C10H15NO3S/c1-8(14-2)7-15(12,13)10-5-3-4-9(11)6-10/h3-6,8H,7,11H2,1-2H3. The fraction of sp³-hybridized carbons (Fsp3) is 0.400. The second kappa shape index (κ2) is 4.63. The summed E-state index contributed by atoms with van der Waals surface area (Å²) in [5.74, 6) is -0.0348. The second-order valence-corrected chi connectivity index (χ2v) is 5.43. The van der Waals surface area contributed by atoms with Crippen molar-refractivity contribution in [1.29, 1.82) is 0 Å². The summed E-state index contributed by atoms with van der Waals surface area (Å²) in [5, 5.41) is 0. The van der Waals surface area contributed by atoms with Gasteiger partial charge in [0.2, 0.25) is 0 Å². The van der Waals surface area contributed by atoms with Crippen LogP contribution in [0.4, 0.5) is 5.69 Å². The summed E-state index contributed by atoms with van der Waals surface area (Å²) in [6.07, 6.45) is -0.323. The molecule has 1 aromatic carbocycles. The SMILES string of the molecule is COC(C)CS(=O)(=O)c1cccc(N)c1. The summed E-state index contributed by atoms with van der Waals surface area (Å²) in [6.45, 7) is 1.71. The number of anilines is 1. The van der Waals surface area contributed by atoms with Crippen molar-refractivity contribution in [2.75, 3.05) is 18.6 Å². The van der Waals surface area contributed by atoms with Gasteiger partial charge in [-0.15, -0.1) is 0 Å². The molecule has 1 unspecified atom stereocenters. The van der Waals surface area contributed by atoms with Crippen LogP contribution in [0.3, 0.4) is 0 Å². The highest BCUT2D eigenvalue weighted by Gasteiger charge is 2.18.